The molecule has 1 saturated carbocycles. The van der Waals surface area contributed by atoms with Crippen molar-refractivity contribution in [3.05, 3.63) is 54.7 Å². The highest BCUT2D eigenvalue weighted by Crippen LogP contribution is 2.37. The van der Waals surface area contributed by atoms with Crippen molar-refractivity contribution in [1.29, 1.82) is 0 Å². The fourth-order valence-corrected chi connectivity index (χ4v) is 5.58. The number of rotatable bonds is 6. The van der Waals surface area contributed by atoms with Crippen LogP contribution in [0.5, 0.6) is 5.75 Å². The molecular weight excluding hydrogens is 448 g/mol. The molecule has 2 heterocycles. The van der Waals surface area contributed by atoms with Crippen LogP contribution in [0.1, 0.15) is 38.5 Å². The summed E-state index contributed by atoms with van der Waals surface area (Å²) in [6.07, 6.45) is 7.22. The minimum atomic E-state index is -0.644. The van der Waals surface area contributed by atoms with Gasteiger partial charge < -0.3 is 19.9 Å². The minimum absolute atomic E-state index is 0.0316. The van der Waals surface area contributed by atoms with Crippen molar-refractivity contribution in [2.45, 2.75) is 50.6 Å². The zero-order valence-electron chi connectivity index (χ0n) is 19.1. The number of carbonyl (C=O) groups is 2. The number of carbonyl (C=O) groups excluding carboxylic acids is 2. The van der Waals surface area contributed by atoms with Gasteiger partial charge in [-0.25, -0.2) is 0 Å². The fraction of sp³-hybridized carbons (Fsp3) is 0.346. The predicted molar refractivity (Wildman–Crippen MR) is 137 cm³/mol. The molecule has 7 nitrogen and oxygen atoms in total. The highest BCUT2D eigenvalue weighted by molar-refractivity contribution is 7.80. The van der Waals surface area contributed by atoms with Crippen LogP contribution < -0.4 is 15.0 Å². The van der Waals surface area contributed by atoms with Gasteiger partial charge in [-0.05, 0) is 60.8 Å². The highest BCUT2D eigenvalue weighted by atomic mass is 32.1. The van der Waals surface area contributed by atoms with E-state index in [4.69, 9.17) is 17.0 Å². The number of ether oxygens (including phenoxy) is 1. The van der Waals surface area contributed by atoms with Crippen molar-refractivity contribution >= 4 is 51.4 Å². The summed E-state index contributed by atoms with van der Waals surface area (Å²) in [5.41, 5.74) is 2.25. The molecule has 1 aliphatic carbocycles. The largest absolute Gasteiger partial charge is 0.495 e. The quantitative estimate of drug-likeness (QED) is 0.498. The summed E-state index contributed by atoms with van der Waals surface area (Å²) in [7, 11) is 1.58. The molecule has 0 spiro atoms. The summed E-state index contributed by atoms with van der Waals surface area (Å²) in [5, 5.41) is 4.49. The maximum atomic E-state index is 13.7. The molecule has 2 aromatic carbocycles. The average molecular weight is 477 g/mol. The molecule has 5 rings (SSSR count). The van der Waals surface area contributed by atoms with Crippen LogP contribution in [0.25, 0.3) is 10.9 Å². The first-order valence-corrected chi connectivity index (χ1v) is 12.1. The van der Waals surface area contributed by atoms with Gasteiger partial charge in [-0.3, -0.25) is 14.5 Å². The van der Waals surface area contributed by atoms with Gasteiger partial charge in [0.1, 0.15) is 11.8 Å². The van der Waals surface area contributed by atoms with E-state index < -0.39 is 6.04 Å². The summed E-state index contributed by atoms with van der Waals surface area (Å²) in [6.45, 7) is 0. The Morgan fingerprint density at radius 2 is 1.94 bits per heavy atom. The molecule has 1 aliphatic heterocycles. The molecule has 2 fully saturated rings. The first kappa shape index (κ1) is 22.4. The van der Waals surface area contributed by atoms with E-state index in [9.17, 15) is 9.59 Å². The molecule has 8 heteroatoms. The summed E-state index contributed by atoms with van der Waals surface area (Å²) in [4.78, 5) is 33.5. The topological polar surface area (TPSA) is 77.7 Å². The van der Waals surface area contributed by atoms with E-state index in [1.165, 1.54) is 6.42 Å². The van der Waals surface area contributed by atoms with Crippen molar-refractivity contribution in [1.82, 2.24) is 9.88 Å². The van der Waals surface area contributed by atoms with Crippen molar-refractivity contribution in [3.8, 4) is 5.75 Å². The number of aromatic amines is 1. The van der Waals surface area contributed by atoms with E-state index in [1.54, 1.807) is 12.0 Å². The van der Waals surface area contributed by atoms with Gasteiger partial charge in [-0.2, -0.15) is 0 Å². The molecule has 3 aromatic rings. The number of methoxy groups -OCH3 is 1. The normalized spacial score (nSPS) is 19.1. The third-order valence-corrected chi connectivity index (χ3v) is 7.16. The maximum Gasteiger partial charge on any atom is 0.256 e. The lowest BCUT2D eigenvalue weighted by Gasteiger charge is -2.35. The van der Waals surface area contributed by atoms with Gasteiger partial charge in [0, 0.05) is 23.4 Å². The maximum absolute atomic E-state index is 13.7. The number of anilines is 2. The van der Waals surface area contributed by atoms with E-state index in [0.717, 1.165) is 36.6 Å². The Hall–Kier alpha value is -3.39. The summed E-state index contributed by atoms with van der Waals surface area (Å²) in [6, 6.07) is 14.6. The number of H-pyrrole nitrogens is 1. The molecule has 0 radical (unpaired) electrons. The Morgan fingerprint density at radius 3 is 2.74 bits per heavy atom. The second-order valence-electron chi connectivity index (χ2n) is 8.87. The average Bonchev–Trinajstić information content (AvgIpc) is 3.41. The van der Waals surface area contributed by atoms with Gasteiger partial charge in [0.15, 0.2) is 5.11 Å². The Balaban J connectivity index is 1.42. The zero-order chi connectivity index (χ0) is 23.7. The minimum Gasteiger partial charge on any atom is -0.495 e. The molecule has 34 heavy (non-hydrogen) atoms. The molecule has 1 saturated heterocycles. The molecule has 1 atom stereocenters. The fourth-order valence-electron chi connectivity index (χ4n) is 5.12. The van der Waals surface area contributed by atoms with Crippen molar-refractivity contribution in [2.24, 2.45) is 0 Å². The number of para-hydroxylation sites is 2. The zero-order valence-corrected chi connectivity index (χ0v) is 19.9. The molecule has 2 amide bonds. The lowest BCUT2D eigenvalue weighted by Crippen LogP contribution is -2.45. The number of thiocarbonyl (C=S) groups is 1. The number of hydrogen-bond acceptors (Lipinski definition) is 4. The SMILES string of the molecule is COc1ccccc1N1C(=O)C(CC(=O)Nc2ccc3cc[nH]c3c2)N(C2CCCCC2)C1=S. The molecule has 1 aromatic heterocycles. The Kier molecular flexibility index (Phi) is 6.24. The van der Waals surface area contributed by atoms with E-state index >= 15 is 0 Å². The van der Waals surface area contributed by atoms with E-state index in [2.05, 4.69) is 10.3 Å². The summed E-state index contributed by atoms with van der Waals surface area (Å²) >= 11 is 5.85. The standard InChI is InChI=1S/C26H28N4O3S/c1-33-23-10-6-5-9-21(23)30-25(32)22(29(26(30)34)19-7-3-2-4-8-19)16-24(31)28-18-12-11-17-13-14-27-20(17)15-18/h5-6,9-15,19,22,27H,2-4,7-8,16H2,1H3,(H,28,31). The van der Waals surface area contributed by atoms with Crippen LogP contribution >= 0.6 is 12.2 Å². The van der Waals surface area contributed by atoms with Gasteiger partial charge in [0.05, 0.1) is 19.2 Å². The second kappa shape index (κ2) is 9.46. The number of aromatic nitrogens is 1. The van der Waals surface area contributed by atoms with Crippen molar-refractivity contribution < 1.29 is 14.3 Å². The molecule has 2 aliphatic rings. The van der Waals surface area contributed by atoms with Gasteiger partial charge in [0.2, 0.25) is 5.91 Å². The van der Waals surface area contributed by atoms with E-state index in [-0.39, 0.29) is 24.3 Å². The predicted octanol–water partition coefficient (Wildman–Crippen LogP) is 4.84. The monoisotopic (exact) mass is 476 g/mol. The van der Waals surface area contributed by atoms with Crippen LogP contribution in [0.2, 0.25) is 0 Å². The lowest BCUT2D eigenvalue weighted by atomic mass is 9.93. The Morgan fingerprint density at radius 1 is 1.15 bits per heavy atom. The number of nitrogens with zero attached hydrogens (tertiary/aromatic N) is 2. The van der Waals surface area contributed by atoms with Crippen LogP contribution in [-0.4, -0.2) is 46.0 Å². The van der Waals surface area contributed by atoms with Crippen LogP contribution in [0.15, 0.2) is 54.7 Å². The number of hydrogen-bond donors (Lipinski definition) is 2. The van der Waals surface area contributed by atoms with Crippen LogP contribution in [0, 0.1) is 0 Å². The molecule has 176 valence electrons. The summed E-state index contributed by atoms with van der Waals surface area (Å²) < 4.78 is 5.50. The summed E-state index contributed by atoms with van der Waals surface area (Å²) in [5.74, 6) is 0.177. The van der Waals surface area contributed by atoms with Gasteiger partial charge in [-0.1, -0.05) is 37.5 Å². The third kappa shape index (κ3) is 4.14. The number of benzene rings is 2. The van der Waals surface area contributed by atoms with Gasteiger partial charge in [-0.15, -0.1) is 0 Å². The van der Waals surface area contributed by atoms with E-state index in [0.29, 0.717) is 22.2 Å². The van der Waals surface area contributed by atoms with Crippen LogP contribution in [-0.2, 0) is 9.59 Å². The highest BCUT2D eigenvalue weighted by Gasteiger charge is 2.47. The number of fused-ring (bicyclic) bond motifs is 1. The third-order valence-electron chi connectivity index (χ3n) is 6.77. The Bertz CT molecular complexity index is 1230. The van der Waals surface area contributed by atoms with Crippen molar-refractivity contribution in [3.63, 3.8) is 0 Å². The number of nitrogens with one attached hydrogen (secondary N) is 2. The van der Waals surface area contributed by atoms with Gasteiger partial charge >= 0.3 is 0 Å². The number of amides is 2. The molecular formula is C26H28N4O3S. The first-order chi connectivity index (χ1) is 16.6. The molecule has 0 bridgehead atoms. The van der Waals surface area contributed by atoms with Crippen LogP contribution in [0.4, 0.5) is 11.4 Å². The smallest absolute Gasteiger partial charge is 0.256 e. The Labute approximate surface area is 204 Å². The molecule has 1 unspecified atom stereocenters. The lowest BCUT2D eigenvalue weighted by molar-refractivity contribution is -0.125. The van der Waals surface area contributed by atoms with E-state index in [1.807, 2.05) is 59.6 Å². The van der Waals surface area contributed by atoms with Crippen molar-refractivity contribution in [2.75, 3.05) is 17.3 Å². The second-order valence-corrected chi connectivity index (χ2v) is 9.24. The first-order valence-electron chi connectivity index (χ1n) is 11.7. The van der Waals surface area contributed by atoms with Gasteiger partial charge in [0.25, 0.3) is 5.91 Å². The van der Waals surface area contributed by atoms with Crippen LogP contribution in [0.3, 0.4) is 0 Å². The molecule has 2 N–H and O–H groups in total.